The van der Waals surface area contributed by atoms with Crippen molar-refractivity contribution in [3.8, 4) is 0 Å². The maximum Gasteiger partial charge on any atom is 0.133 e. The molecule has 0 bridgehead atoms. The number of benzene rings is 1. The molecule has 0 radical (unpaired) electrons. The Kier molecular flexibility index (Phi) is 3.15. The molecule has 98 valence electrons. The smallest absolute Gasteiger partial charge is 0.133 e. The summed E-state index contributed by atoms with van der Waals surface area (Å²) in [5.74, 6) is 2.17. The first kappa shape index (κ1) is 12.1. The van der Waals surface area contributed by atoms with E-state index in [2.05, 4.69) is 9.97 Å². The number of halogens is 1. The summed E-state index contributed by atoms with van der Waals surface area (Å²) in [5.41, 5.74) is 0.939. The number of hydrogen-bond donors (Lipinski definition) is 0. The van der Waals surface area contributed by atoms with Gasteiger partial charge in [0.25, 0.3) is 0 Å². The highest BCUT2D eigenvalue weighted by Crippen LogP contribution is 2.38. The maximum atomic E-state index is 13.2. The first-order valence-electron chi connectivity index (χ1n) is 6.51. The molecule has 1 aromatic carbocycles. The first-order valence-corrected chi connectivity index (χ1v) is 6.51. The lowest BCUT2D eigenvalue weighted by Crippen LogP contribution is -2.18. The summed E-state index contributed by atoms with van der Waals surface area (Å²) in [4.78, 5) is 10.9. The van der Waals surface area contributed by atoms with Crippen LogP contribution in [-0.4, -0.2) is 17.0 Å². The van der Waals surface area contributed by atoms with Crippen molar-refractivity contribution >= 4 is 5.82 Å². The van der Waals surface area contributed by atoms with E-state index in [0.717, 1.165) is 17.2 Å². The van der Waals surface area contributed by atoms with Crippen molar-refractivity contribution in [1.82, 2.24) is 9.97 Å². The number of aromatic nitrogens is 2. The third-order valence-corrected chi connectivity index (χ3v) is 3.30. The highest BCUT2D eigenvalue weighted by molar-refractivity contribution is 5.38. The Hall–Kier alpha value is -1.97. The van der Waals surface area contributed by atoms with Crippen molar-refractivity contribution in [2.45, 2.75) is 25.3 Å². The van der Waals surface area contributed by atoms with Gasteiger partial charge in [0.1, 0.15) is 17.5 Å². The average Bonchev–Trinajstić information content (AvgIpc) is 3.23. The normalized spacial score (nSPS) is 14.4. The monoisotopic (exact) mass is 257 g/mol. The van der Waals surface area contributed by atoms with E-state index in [9.17, 15) is 4.39 Å². The Morgan fingerprint density at radius 2 is 2.16 bits per heavy atom. The minimum Gasteiger partial charge on any atom is -0.355 e. The fourth-order valence-corrected chi connectivity index (χ4v) is 2.10. The van der Waals surface area contributed by atoms with E-state index in [1.807, 2.05) is 24.1 Å². The third-order valence-electron chi connectivity index (χ3n) is 3.30. The molecule has 0 N–H and O–H groups in total. The van der Waals surface area contributed by atoms with Crippen molar-refractivity contribution in [1.29, 1.82) is 0 Å². The predicted octanol–water partition coefficient (Wildman–Crippen LogP) is 3.13. The minimum atomic E-state index is -0.202. The highest BCUT2D eigenvalue weighted by Gasteiger charge is 2.26. The Balaban J connectivity index is 1.76. The molecule has 3 rings (SSSR count). The summed E-state index contributed by atoms with van der Waals surface area (Å²) < 4.78 is 13.2. The summed E-state index contributed by atoms with van der Waals surface area (Å²) in [5, 5.41) is 0. The topological polar surface area (TPSA) is 29.0 Å². The fourth-order valence-electron chi connectivity index (χ4n) is 2.10. The van der Waals surface area contributed by atoms with Crippen molar-refractivity contribution in [3.05, 3.63) is 53.7 Å². The second-order valence-corrected chi connectivity index (χ2v) is 5.03. The van der Waals surface area contributed by atoms with Gasteiger partial charge in [-0.1, -0.05) is 12.1 Å². The molecule has 1 saturated carbocycles. The van der Waals surface area contributed by atoms with Crippen LogP contribution in [0.15, 0.2) is 36.5 Å². The van der Waals surface area contributed by atoms with E-state index in [-0.39, 0.29) is 5.82 Å². The number of hydrogen-bond acceptors (Lipinski definition) is 3. The van der Waals surface area contributed by atoms with Crippen LogP contribution in [-0.2, 0) is 6.54 Å². The van der Waals surface area contributed by atoms with Gasteiger partial charge in [0, 0.05) is 25.7 Å². The van der Waals surface area contributed by atoms with Crippen LogP contribution in [0.25, 0.3) is 0 Å². The summed E-state index contributed by atoms with van der Waals surface area (Å²) in [6.45, 7) is 0.638. The van der Waals surface area contributed by atoms with Crippen LogP contribution in [0.4, 0.5) is 10.2 Å². The van der Waals surface area contributed by atoms with Gasteiger partial charge >= 0.3 is 0 Å². The number of rotatable bonds is 4. The van der Waals surface area contributed by atoms with Crippen LogP contribution >= 0.6 is 0 Å². The van der Waals surface area contributed by atoms with Gasteiger partial charge in [-0.2, -0.15) is 0 Å². The van der Waals surface area contributed by atoms with E-state index >= 15 is 0 Å². The van der Waals surface area contributed by atoms with E-state index in [1.165, 1.54) is 18.9 Å². The van der Waals surface area contributed by atoms with Gasteiger partial charge in [0.15, 0.2) is 0 Å². The Morgan fingerprint density at radius 3 is 2.89 bits per heavy atom. The molecule has 1 heterocycles. The van der Waals surface area contributed by atoms with E-state index in [0.29, 0.717) is 12.5 Å². The highest BCUT2D eigenvalue weighted by atomic mass is 19.1. The van der Waals surface area contributed by atoms with Crippen molar-refractivity contribution < 1.29 is 4.39 Å². The second kappa shape index (κ2) is 4.96. The lowest BCUT2D eigenvalue weighted by atomic mass is 10.2. The lowest BCUT2D eigenvalue weighted by molar-refractivity contribution is 0.625. The standard InChI is InChI=1S/C15H16FN3/c1-19(10-11-3-2-4-13(16)9-11)14-7-8-17-15(18-14)12-5-6-12/h2-4,7-9,12H,5-6,10H2,1H3. The van der Waals surface area contributed by atoms with E-state index in [1.54, 1.807) is 18.3 Å². The summed E-state index contributed by atoms with van der Waals surface area (Å²) in [6.07, 6.45) is 4.19. The SMILES string of the molecule is CN(Cc1cccc(F)c1)c1ccnc(C2CC2)n1. The van der Waals surface area contributed by atoms with Crippen molar-refractivity contribution in [2.24, 2.45) is 0 Å². The van der Waals surface area contributed by atoms with Crippen LogP contribution in [0.2, 0.25) is 0 Å². The Bertz CT molecular complexity index is 581. The third kappa shape index (κ3) is 2.89. The molecule has 0 atom stereocenters. The zero-order chi connectivity index (χ0) is 13.2. The van der Waals surface area contributed by atoms with Gasteiger partial charge in [-0.05, 0) is 36.6 Å². The Morgan fingerprint density at radius 1 is 1.32 bits per heavy atom. The maximum absolute atomic E-state index is 13.2. The van der Waals surface area contributed by atoms with Crippen LogP contribution in [0.5, 0.6) is 0 Å². The molecular formula is C15H16FN3. The molecule has 0 spiro atoms. The zero-order valence-corrected chi connectivity index (χ0v) is 10.9. The molecule has 0 amide bonds. The quantitative estimate of drug-likeness (QED) is 0.842. The molecule has 3 nitrogen and oxygen atoms in total. The van der Waals surface area contributed by atoms with Gasteiger partial charge in [0.2, 0.25) is 0 Å². The molecule has 0 unspecified atom stereocenters. The molecule has 1 fully saturated rings. The molecule has 4 heteroatoms. The molecule has 1 aromatic heterocycles. The summed E-state index contributed by atoms with van der Waals surface area (Å²) >= 11 is 0. The average molecular weight is 257 g/mol. The lowest BCUT2D eigenvalue weighted by Gasteiger charge is -2.18. The van der Waals surface area contributed by atoms with Gasteiger partial charge < -0.3 is 4.90 Å². The van der Waals surface area contributed by atoms with Crippen molar-refractivity contribution in [3.63, 3.8) is 0 Å². The molecule has 1 aliphatic rings. The van der Waals surface area contributed by atoms with Crippen molar-refractivity contribution in [2.75, 3.05) is 11.9 Å². The summed E-state index contributed by atoms with van der Waals surface area (Å²) in [7, 11) is 1.96. The van der Waals surface area contributed by atoms with Gasteiger partial charge in [-0.3, -0.25) is 0 Å². The molecule has 19 heavy (non-hydrogen) atoms. The van der Waals surface area contributed by atoms with Crippen LogP contribution in [0.3, 0.4) is 0 Å². The second-order valence-electron chi connectivity index (χ2n) is 5.03. The number of nitrogens with zero attached hydrogens (tertiary/aromatic N) is 3. The van der Waals surface area contributed by atoms with E-state index in [4.69, 9.17) is 0 Å². The summed E-state index contributed by atoms with van der Waals surface area (Å²) in [6, 6.07) is 8.56. The molecule has 0 saturated heterocycles. The predicted molar refractivity (Wildman–Crippen MR) is 72.5 cm³/mol. The minimum absolute atomic E-state index is 0.202. The van der Waals surface area contributed by atoms with Crippen LogP contribution in [0, 0.1) is 5.82 Å². The zero-order valence-electron chi connectivity index (χ0n) is 10.9. The van der Waals surface area contributed by atoms with Crippen LogP contribution in [0.1, 0.15) is 30.1 Å². The van der Waals surface area contributed by atoms with Crippen LogP contribution < -0.4 is 4.90 Å². The van der Waals surface area contributed by atoms with Gasteiger partial charge in [-0.15, -0.1) is 0 Å². The Labute approximate surface area is 112 Å². The molecule has 0 aliphatic heterocycles. The molecule has 2 aromatic rings. The fraction of sp³-hybridized carbons (Fsp3) is 0.333. The molecular weight excluding hydrogens is 241 g/mol. The first-order chi connectivity index (χ1) is 9.22. The molecule has 1 aliphatic carbocycles. The van der Waals surface area contributed by atoms with Gasteiger partial charge in [-0.25, -0.2) is 14.4 Å². The number of anilines is 1. The van der Waals surface area contributed by atoms with Gasteiger partial charge in [0.05, 0.1) is 0 Å². The largest absolute Gasteiger partial charge is 0.355 e. The van der Waals surface area contributed by atoms with E-state index < -0.39 is 0 Å².